The van der Waals surface area contributed by atoms with Crippen LogP contribution in [0, 0.1) is 6.92 Å². The Balaban J connectivity index is 1.58. The van der Waals surface area contributed by atoms with E-state index in [4.69, 9.17) is 9.05 Å². The van der Waals surface area contributed by atoms with Crippen LogP contribution in [-0.4, -0.2) is 39.4 Å². The van der Waals surface area contributed by atoms with Gasteiger partial charge in [0.15, 0.2) is 5.75 Å². The van der Waals surface area contributed by atoms with Crippen molar-refractivity contribution in [2.75, 3.05) is 23.7 Å². The van der Waals surface area contributed by atoms with Gasteiger partial charge in [-0.25, -0.2) is 0 Å². The molecule has 0 saturated carbocycles. The maximum atomic E-state index is 12.7. The predicted octanol–water partition coefficient (Wildman–Crippen LogP) is 3.35. The number of rotatable bonds is 7. The number of aryl methyl sites for hydroxylation is 1. The molecule has 10 nitrogen and oxygen atoms in total. The van der Waals surface area contributed by atoms with Crippen molar-refractivity contribution >= 4 is 23.2 Å². The largest absolute Gasteiger partial charge is 0.505 e. The number of aromatic nitrogens is 2. The number of nitrogens with zero attached hydrogens (tertiary/aromatic N) is 3. The molecule has 2 aromatic heterocycles. The topological polar surface area (TPSA) is 128 Å². The average Bonchev–Trinajstić information content (AvgIpc) is 3.51. The van der Waals surface area contributed by atoms with E-state index < -0.39 is 0 Å². The lowest BCUT2D eigenvalue weighted by molar-refractivity contribution is -1.03. The second kappa shape index (κ2) is 8.58. The van der Waals surface area contributed by atoms with Gasteiger partial charge in [0.1, 0.15) is 27.6 Å². The van der Waals surface area contributed by atoms with E-state index >= 15 is 0 Å². The molecule has 4 N–H and O–H groups in total. The number of aromatic hydroxyl groups is 1. The molecule has 0 spiro atoms. The maximum absolute atomic E-state index is 12.7. The number of amides is 1. The number of likely N-dealkylation sites (tertiary alicyclic amines) is 1. The van der Waals surface area contributed by atoms with Crippen LogP contribution in [0.2, 0.25) is 0 Å². The van der Waals surface area contributed by atoms with Crippen molar-refractivity contribution in [1.82, 2.24) is 10.1 Å². The van der Waals surface area contributed by atoms with Gasteiger partial charge in [-0.1, -0.05) is 17.6 Å². The van der Waals surface area contributed by atoms with Crippen molar-refractivity contribution in [3.63, 3.8) is 0 Å². The van der Waals surface area contributed by atoms with Gasteiger partial charge in [0.25, 0.3) is 5.91 Å². The van der Waals surface area contributed by atoms with Crippen molar-refractivity contribution in [2.24, 2.45) is 0 Å². The van der Waals surface area contributed by atoms with E-state index in [1.807, 2.05) is 26.0 Å². The molecule has 0 unspecified atom stereocenters. The highest BCUT2D eigenvalue weighted by atomic mass is 16.8. The van der Waals surface area contributed by atoms with Crippen molar-refractivity contribution in [3.8, 4) is 5.75 Å². The third kappa shape index (κ3) is 4.14. The average molecular weight is 428 g/mol. The SMILES string of the molecule is CC[C@@H](Nc1c(Nc2cccc(C(=O)N3CCCC3)c2O)no[n+]1O)c1ccc(C)o1. The van der Waals surface area contributed by atoms with Crippen molar-refractivity contribution in [2.45, 2.75) is 39.2 Å². The molecule has 3 aromatic rings. The Hall–Kier alpha value is -3.69. The van der Waals surface area contributed by atoms with Crippen molar-refractivity contribution in [1.29, 1.82) is 0 Å². The Labute approximate surface area is 179 Å². The zero-order valence-corrected chi connectivity index (χ0v) is 17.5. The van der Waals surface area contributed by atoms with E-state index in [1.54, 1.807) is 23.1 Å². The number of phenols is 1. The molecule has 1 aliphatic rings. The zero-order chi connectivity index (χ0) is 22.0. The number of carbonyl (C=O) groups is 1. The fraction of sp³-hybridized carbons (Fsp3) is 0.381. The lowest BCUT2D eigenvalue weighted by Crippen LogP contribution is -2.32. The predicted molar refractivity (Wildman–Crippen MR) is 111 cm³/mol. The molecule has 4 rings (SSSR count). The van der Waals surface area contributed by atoms with Gasteiger partial charge in [0, 0.05) is 13.1 Å². The summed E-state index contributed by atoms with van der Waals surface area (Å²) in [6, 6.07) is 8.35. The van der Waals surface area contributed by atoms with Crippen molar-refractivity contribution < 1.29 is 29.1 Å². The van der Waals surface area contributed by atoms with Crippen molar-refractivity contribution in [3.05, 3.63) is 47.4 Å². The second-order valence-electron chi connectivity index (χ2n) is 7.52. The Morgan fingerprint density at radius 2 is 2.06 bits per heavy atom. The quantitative estimate of drug-likeness (QED) is 0.333. The molecule has 1 fully saturated rings. The molecule has 1 aliphatic heterocycles. The summed E-state index contributed by atoms with van der Waals surface area (Å²) in [5.74, 6) is 1.37. The minimum absolute atomic E-state index is 0.144. The Morgan fingerprint density at radius 3 is 2.74 bits per heavy atom. The monoisotopic (exact) mass is 428 g/mol. The summed E-state index contributed by atoms with van der Waals surface area (Å²) in [6.45, 7) is 5.19. The van der Waals surface area contributed by atoms with Gasteiger partial charge >= 0.3 is 11.6 Å². The zero-order valence-electron chi connectivity index (χ0n) is 17.5. The number of para-hydroxylation sites is 1. The Bertz CT molecular complexity index is 1070. The molecule has 0 bridgehead atoms. The number of furan rings is 1. The van der Waals surface area contributed by atoms with Crippen LogP contribution >= 0.6 is 0 Å². The van der Waals surface area contributed by atoms with Gasteiger partial charge in [-0.2, -0.15) is 0 Å². The molecule has 1 atom stereocenters. The van der Waals surface area contributed by atoms with E-state index in [1.165, 1.54) is 0 Å². The summed E-state index contributed by atoms with van der Waals surface area (Å²) in [5, 5.41) is 30.7. The maximum Gasteiger partial charge on any atom is 0.366 e. The summed E-state index contributed by atoms with van der Waals surface area (Å²) in [4.78, 5) is 14.9. The van der Waals surface area contributed by atoms with Crippen LogP contribution < -0.4 is 15.5 Å². The highest BCUT2D eigenvalue weighted by Crippen LogP contribution is 2.33. The molecule has 3 heterocycles. The third-order valence-corrected chi connectivity index (χ3v) is 5.36. The van der Waals surface area contributed by atoms with Gasteiger partial charge in [-0.3, -0.25) is 10.1 Å². The molecule has 1 saturated heterocycles. The summed E-state index contributed by atoms with van der Waals surface area (Å²) in [6.07, 6.45) is 2.59. The van der Waals surface area contributed by atoms with Gasteiger partial charge in [-0.05, 0) is 50.5 Å². The Kier molecular flexibility index (Phi) is 5.70. The molecule has 0 aliphatic carbocycles. The fourth-order valence-corrected chi connectivity index (χ4v) is 3.67. The van der Waals surface area contributed by atoms with E-state index in [0.29, 0.717) is 30.2 Å². The smallest absolute Gasteiger partial charge is 0.366 e. The number of benzene rings is 1. The minimum Gasteiger partial charge on any atom is -0.505 e. The lowest BCUT2D eigenvalue weighted by atomic mass is 10.1. The number of hydrogen-bond donors (Lipinski definition) is 4. The fourth-order valence-electron chi connectivity index (χ4n) is 3.67. The molecule has 164 valence electrons. The molecule has 1 aromatic carbocycles. The van der Waals surface area contributed by atoms with Crippen LogP contribution in [0.15, 0.2) is 39.4 Å². The van der Waals surface area contributed by atoms with E-state index in [9.17, 15) is 15.1 Å². The summed E-state index contributed by atoms with van der Waals surface area (Å²) >= 11 is 0. The van der Waals surface area contributed by atoms with Crippen LogP contribution in [0.5, 0.6) is 5.75 Å². The molecule has 10 heteroatoms. The third-order valence-electron chi connectivity index (χ3n) is 5.36. The normalized spacial score (nSPS) is 14.6. The molecular formula is C21H26N5O5+. The summed E-state index contributed by atoms with van der Waals surface area (Å²) in [5.41, 5.74) is 0.475. The summed E-state index contributed by atoms with van der Waals surface area (Å²) < 4.78 is 10.5. The number of nitrogens with one attached hydrogen (secondary N) is 2. The van der Waals surface area contributed by atoms with E-state index in [0.717, 1.165) is 18.6 Å². The van der Waals surface area contributed by atoms with E-state index in [2.05, 4.69) is 15.8 Å². The number of phenolic OH excluding ortho intramolecular Hbond substituents is 1. The van der Waals surface area contributed by atoms with Gasteiger partial charge in [0.05, 0.1) is 11.3 Å². The van der Waals surface area contributed by atoms with Gasteiger partial charge < -0.3 is 24.9 Å². The van der Waals surface area contributed by atoms with Crippen LogP contribution in [-0.2, 0) is 0 Å². The number of carbonyl (C=O) groups excluding carboxylic acids is 1. The van der Waals surface area contributed by atoms with Crippen LogP contribution in [0.25, 0.3) is 0 Å². The van der Waals surface area contributed by atoms with Gasteiger partial charge in [0.2, 0.25) is 0 Å². The van der Waals surface area contributed by atoms with E-state index in [-0.39, 0.29) is 40.6 Å². The standard InChI is InChI=1S/C21H25N5O5/c1-3-15(17-10-9-13(2)30-17)23-20-19(24-31-26(20)29)22-16-8-6-7-14(18(16)27)21(28)25-11-4-5-12-25/h6-10,15,29H,3-5,11-12H2,1-2H3,(H2,22,23,24,27,28)/p+1/t15-/m1/s1. The summed E-state index contributed by atoms with van der Waals surface area (Å²) in [7, 11) is 0. The number of hydrogen-bond acceptors (Lipinski definition) is 8. The van der Waals surface area contributed by atoms with Gasteiger partial charge in [-0.15, -0.1) is 0 Å². The van der Waals surface area contributed by atoms with Crippen LogP contribution in [0.1, 0.15) is 54.1 Å². The molecular weight excluding hydrogens is 402 g/mol. The molecule has 1 amide bonds. The first-order valence-electron chi connectivity index (χ1n) is 10.3. The van der Waals surface area contributed by atoms with Crippen LogP contribution in [0.4, 0.5) is 17.3 Å². The minimum atomic E-state index is -0.247. The van der Waals surface area contributed by atoms with Crippen LogP contribution in [0.3, 0.4) is 0 Å². The first-order chi connectivity index (χ1) is 15.0. The number of anilines is 3. The lowest BCUT2D eigenvalue weighted by Gasteiger charge is -2.17. The highest BCUT2D eigenvalue weighted by molar-refractivity contribution is 5.99. The molecule has 31 heavy (non-hydrogen) atoms. The second-order valence-corrected chi connectivity index (χ2v) is 7.52. The Morgan fingerprint density at radius 1 is 1.29 bits per heavy atom. The first-order valence-corrected chi connectivity index (χ1v) is 10.3. The first kappa shape index (κ1) is 20.6. The highest BCUT2D eigenvalue weighted by Gasteiger charge is 2.30. The molecule has 0 radical (unpaired) electrons.